The van der Waals surface area contributed by atoms with E-state index in [1.807, 2.05) is 70.2 Å². The molecule has 5 atom stereocenters. The van der Waals surface area contributed by atoms with Gasteiger partial charge in [-0.1, -0.05) is 88.7 Å². The molecule has 6 N–H and O–H groups in total. The number of aliphatic hydroxyl groups is 1. The molecule has 0 aliphatic heterocycles. The van der Waals surface area contributed by atoms with Gasteiger partial charge in [0.05, 0.1) is 37.7 Å². The second kappa shape index (κ2) is 20.7. The molecule has 4 amide bonds. The first kappa shape index (κ1) is 41.3. The fraction of sp³-hybridized carbons (Fsp3) is 0.439. The second-order valence-electron chi connectivity index (χ2n) is 14.1. The van der Waals surface area contributed by atoms with Gasteiger partial charge in [-0.15, -0.1) is 0 Å². The molecule has 0 bridgehead atoms. The van der Waals surface area contributed by atoms with Crippen molar-refractivity contribution < 1.29 is 33.8 Å². The van der Waals surface area contributed by atoms with E-state index in [1.54, 1.807) is 37.6 Å². The van der Waals surface area contributed by atoms with Gasteiger partial charge >= 0.3 is 6.09 Å². The lowest BCUT2D eigenvalue weighted by Crippen LogP contribution is -2.57. The molecule has 0 aliphatic carbocycles. The number of amides is 4. The largest absolute Gasteiger partial charge is 0.497 e. The van der Waals surface area contributed by atoms with Crippen LogP contribution in [0.15, 0.2) is 79.3 Å². The van der Waals surface area contributed by atoms with Crippen molar-refractivity contribution in [3.05, 3.63) is 96.1 Å². The molecule has 1 heterocycles. The topological polar surface area (TPSA) is 184 Å². The van der Waals surface area contributed by atoms with E-state index in [-0.39, 0.29) is 43.6 Å². The summed E-state index contributed by atoms with van der Waals surface area (Å²) in [6.07, 6.45) is 2.32. The molecule has 0 radical (unpaired) electrons. The van der Waals surface area contributed by atoms with Crippen molar-refractivity contribution in [1.29, 1.82) is 0 Å². The van der Waals surface area contributed by atoms with E-state index < -0.39 is 42.1 Å². The predicted octanol–water partition coefficient (Wildman–Crippen LogP) is 4.58. The Kier molecular flexibility index (Phi) is 15.9. The number of hydrogen-bond acceptors (Lipinski definition) is 8. The van der Waals surface area contributed by atoms with Gasteiger partial charge in [-0.3, -0.25) is 14.4 Å². The molecular weight excluding hydrogens is 688 g/mol. The maximum Gasteiger partial charge on any atom is 0.408 e. The highest BCUT2D eigenvalue weighted by atomic mass is 16.5. The number of carbonyl (C=O) groups is 4. The molecule has 1 aromatic heterocycles. The Hall–Kier alpha value is -5.43. The van der Waals surface area contributed by atoms with Gasteiger partial charge in [0.2, 0.25) is 17.7 Å². The molecule has 13 nitrogen and oxygen atoms in total. The van der Waals surface area contributed by atoms with Crippen LogP contribution in [0.4, 0.5) is 4.79 Å². The molecule has 0 saturated carbocycles. The summed E-state index contributed by atoms with van der Waals surface area (Å²) in [5.41, 5.74) is 2.05. The van der Waals surface area contributed by atoms with Gasteiger partial charge in [0.15, 0.2) is 0 Å². The average Bonchev–Trinajstić information content (AvgIpc) is 3.68. The molecule has 54 heavy (non-hydrogen) atoms. The number of nitrogens with zero attached hydrogens (tertiary/aromatic N) is 1. The van der Waals surface area contributed by atoms with Gasteiger partial charge in [0, 0.05) is 25.6 Å². The summed E-state index contributed by atoms with van der Waals surface area (Å²) < 4.78 is 10.7. The quantitative estimate of drug-likeness (QED) is 0.0761. The molecule has 290 valence electrons. The number of hydrogen-bond donors (Lipinski definition) is 6. The minimum absolute atomic E-state index is 0.0177. The van der Waals surface area contributed by atoms with Gasteiger partial charge < -0.3 is 40.8 Å². The van der Waals surface area contributed by atoms with Crippen LogP contribution in [0.5, 0.6) is 5.75 Å². The van der Waals surface area contributed by atoms with Crippen LogP contribution in [0.2, 0.25) is 0 Å². The van der Waals surface area contributed by atoms with Crippen LogP contribution in [0.3, 0.4) is 0 Å². The molecule has 0 aliphatic rings. The number of ether oxygens (including phenoxy) is 2. The van der Waals surface area contributed by atoms with E-state index in [0.29, 0.717) is 24.4 Å². The fourth-order valence-corrected chi connectivity index (χ4v) is 5.99. The molecule has 4 aromatic rings. The summed E-state index contributed by atoms with van der Waals surface area (Å²) in [6.45, 7) is 8.42. The number of methoxy groups -OCH3 is 1. The van der Waals surface area contributed by atoms with Gasteiger partial charge in [-0.25, -0.2) is 9.78 Å². The van der Waals surface area contributed by atoms with Gasteiger partial charge in [0.25, 0.3) is 0 Å². The highest BCUT2D eigenvalue weighted by Gasteiger charge is 2.32. The Morgan fingerprint density at radius 2 is 1.57 bits per heavy atom. The van der Waals surface area contributed by atoms with Crippen LogP contribution in [0, 0.1) is 11.8 Å². The van der Waals surface area contributed by atoms with Crippen molar-refractivity contribution in [3.8, 4) is 5.75 Å². The number of imidazole rings is 1. The zero-order valence-electron chi connectivity index (χ0n) is 31.8. The third-order valence-corrected chi connectivity index (χ3v) is 9.30. The van der Waals surface area contributed by atoms with E-state index in [0.717, 1.165) is 28.3 Å². The zero-order chi connectivity index (χ0) is 39.0. The monoisotopic (exact) mass is 742 g/mol. The molecule has 4 rings (SSSR count). The van der Waals surface area contributed by atoms with Crippen molar-refractivity contribution in [2.75, 3.05) is 13.7 Å². The number of fused-ring (bicyclic) bond motifs is 1. The van der Waals surface area contributed by atoms with Gasteiger partial charge in [0.1, 0.15) is 24.4 Å². The lowest BCUT2D eigenvalue weighted by molar-refractivity contribution is -0.131. The lowest BCUT2D eigenvalue weighted by atomic mass is 9.96. The molecule has 3 aromatic carbocycles. The van der Waals surface area contributed by atoms with Crippen molar-refractivity contribution in [3.63, 3.8) is 0 Å². The Morgan fingerprint density at radius 1 is 0.870 bits per heavy atom. The zero-order valence-corrected chi connectivity index (χ0v) is 31.8. The van der Waals surface area contributed by atoms with E-state index in [1.165, 1.54) is 6.33 Å². The first-order valence-corrected chi connectivity index (χ1v) is 18.5. The molecule has 0 saturated heterocycles. The molecule has 0 spiro atoms. The lowest BCUT2D eigenvalue weighted by Gasteiger charge is -2.29. The summed E-state index contributed by atoms with van der Waals surface area (Å²) in [4.78, 5) is 61.2. The van der Waals surface area contributed by atoms with Crippen LogP contribution in [-0.2, 0) is 38.6 Å². The maximum absolute atomic E-state index is 14.2. The number of carbonyl (C=O) groups excluding carboxylic acids is 4. The van der Waals surface area contributed by atoms with Crippen LogP contribution >= 0.6 is 0 Å². The Bertz CT molecular complexity index is 1790. The summed E-state index contributed by atoms with van der Waals surface area (Å²) >= 11 is 0. The predicted molar refractivity (Wildman–Crippen MR) is 206 cm³/mol. The Morgan fingerprint density at radius 3 is 2.26 bits per heavy atom. The SMILES string of the molecule is CCC(C)CNC(=O)CC(O)C(CC(C)C)NC(=O)[C@H](Cc1c[nH]cn1)NC(=O)[C@H](Cc1cccc2ccccc12)NC(=O)OCc1ccc(OC)cc1. The number of aromatic nitrogens is 2. The van der Waals surface area contributed by atoms with Crippen molar-refractivity contribution >= 4 is 34.6 Å². The summed E-state index contributed by atoms with van der Waals surface area (Å²) in [5, 5.41) is 24.4. The Labute approximate surface area is 317 Å². The standard InChI is InChI=1S/C41H54N6O7/c1-6-27(4)22-43-38(49)21-37(48)34(18-26(2)3)45-40(51)36(20-31-23-42-25-44-31)46-39(50)35(19-30-12-9-11-29-10-7-8-13-33(29)30)47-41(52)54-24-28-14-16-32(53-5)17-15-28/h7-17,23,25-27,34-37,48H,6,18-22,24H2,1-5H3,(H,42,44)(H,43,49)(H,45,51)(H,46,50)(H,47,52)/t27?,34?,35-,36-,37?/m0/s1. The first-order chi connectivity index (χ1) is 25.9. The van der Waals surface area contributed by atoms with Crippen molar-refractivity contribution in [2.24, 2.45) is 11.8 Å². The smallest absolute Gasteiger partial charge is 0.408 e. The number of alkyl carbamates (subject to hydrolysis) is 1. The summed E-state index contributed by atoms with van der Waals surface area (Å²) in [6, 6.07) is 17.5. The fourth-order valence-electron chi connectivity index (χ4n) is 5.99. The minimum atomic E-state index is -1.17. The number of nitrogens with one attached hydrogen (secondary N) is 5. The number of H-pyrrole nitrogens is 1. The van der Waals surface area contributed by atoms with Crippen LogP contribution in [0.1, 0.15) is 63.8 Å². The Balaban J connectivity index is 1.55. The molecule has 3 unspecified atom stereocenters. The van der Waals surface area contributed by atoms with E-state index in [2.05, 4.69) is 31.2 Å². The highest BCUT2D eigenvalue weighted by Crippen LogP contribution is 2.21. The van der Waals surface area contributed by atoms with Crippen molar-refractivity contribution in [2.45, 2.75) is 90.6 Å². The van der Waals surface area contributed by atoms with E-state index >= 15 is 0 Å². The summed E-state index contributed by atoms with van der Waals surface area (Å²) in [5.74, 6) is -0.472. The summed E-state index contributed by atoms with van der Waals surface area (Å²) in [7, 11) is 1.56. The third-order valence-electron chi connectivity index (χ3n) is 9.30. The van der Waals surface area contributed by atoms with Gasteiger partial charge in [-0.05, 0) is 52.3 Å². The molecular formula is C41H54N6O7. The second-order valence-corrected chi connectivity index (χ2v) is 14.1. The van der Waals surface area contributed by atoms with Crippen LogP contribution in [0.25, 0.3) is 10.8 Å². The molecule has 0 fully saturated rings. The first-order valence-electron chi connectivity index (χ1n) is 18.5. The average molecular weight is 743 g/mol. The van der Waals surface area contributed by atoms with Gasteiger partial charge in [-0.2, -0.15) is 0 Å². The maximum atomic E-state index is 14.2. The van der Waals surface area contributed by atoms with E-state index in [9.17, 15) is 24.3 Å². The number of aromatic amines is 1. The minimum Gasteiger partial charge on any atom is -0.497 e. The third kappa shape index (κ3) is 12.9. The van der Waals surface area contributed by atoms with E-state index in [4.69, 9.17) is 9.47 Å². The van der Waals surface area contributed by atoms with Crippen molar-refractivity contribution in [1.82, 2.24) is 31.2 Å². The normalized spacial score (nSPS) is 14.0. The van der Waals surface area contributed by atoms with Crippen LogP contribution < -0.4 is 26.0 Å². The molecule has 13 heteroatoms. The number of rotatable bonds is 20. The number of benzene rings is 3. The highest BCUT2D eigenvalue weighted by molar-refractivity contribution is 5.93. The number of aliphatic hydroxyl groups excluding tert-OH is 1. The van der Waals surface area contributed by atoms with Crippen LogP contribution in [-0.4, -0.2) is 76.8 Å².